The van der Waals surface area contributed by atoms with Crippen LogP contribution in [0.3, 0.4) is 0 Å². The van der Waals surface area contributed by atoms with Crippen LogP contribution in [0.2, 0.25) is 0 Å². The quantitative estimate of drug-likeness (QED) is 0.804. The lowest BCUT2D eigenvalue weighted by Crippen LogP contribution is -2.21. The lowest BCUT2D eigenvalue weighted by molar-refractivity contribution is 0.192. The molecule has 0 amide bonds. The Labute approximate surface area is 128 Å². The van der Waals surface area contributed by atoms with E-state index >= 15 is 0 Å². The van der Waals surface area contributed by atoms with Gasteiger partial charge in [0.15, 0.2) is 0 Å². The van der Waals surface area contributed by atoms with E-state index < -0.39 is 0 Å². The van der Waals surface area contributed by atoms with E-state index in [2.05, 4.69) is 55.1 Å². The van der Waals surface area contributed by atoms with E-state index in [0.29, 0.717) is 23.6 Å². The molecule has 2 rings (SSSR count). The SMILES string of the molecule is CCNc1cc(OCC2CC=CCC2C)nc(C(C)C)n1. The van der Waals surface area contributed by atoms with E-state index in [1.807, 2.05) is 6.07 Å². The van der Waals surface area contributed by atoms with Crippen LogP contribution in [0, 0.1) is 11.8 Å². The normalized spacial score (nSPS) is 21.6. The number of hydrogen-bond acceptors (Lipinski definition) is 4. The van der Waals surface area contributed by atoms with Gasteiger partial charge in [0, 0.05) is 18.5 Å². The zero-order valence-corrected chi connectivity index (χ0v) is 13.6. The monoisotopic (exact) mass is 289 g/mol. The van der Waals surface area contributed by atoms with E-state index in [0.717, 1.165) is 37.6 Å². The molecule has 4 heteroatoms. The van der Waals surface area contributed by atoms with Crippen molar-refractivity contribution in [1.82, 2.24) is 9.97 Å². The Balaban J connectivity index is 2.06. The summed E-state index contributed by atoms with van der Waals surface area (Å²) >= 11 is 0. The summed E-state index contributed by atoms with van der Waals surface area (Å²) in [7, 11) is 0. The van der Waals surface area contributed by atoms with Gasteiger partial charge in [-0.3, -0.25) is 0 Å². The van der Waals surface area contributed by atoms with Gasteiger partial charge >= 0.3 is 0 Å². The highest BCUT2D eigenvalue weighted by molar-refractivity contribution is 5.38. The molecule has 1 aliphatic rings. The molecular weight excluding hydrogens is 262 g/mol. The molecule has 116 valence electrons. The van der Waals surface area contributed by atoms with Gasteiger partial charge in [0.05, 0.1) is 6.61 Å². The highest BCUT2D eigenvalue weighted by atomic mass is 16.5. The fourth-order valence-electron chi connectivity index (χ4n) is 2.48. The van der Waals surface area contributed by atoms with Gasteiger partial charge in [-0.2, -0.15) is 4.98 Å². The summed E-state index contributed by atoms with van der Waals surface area (Å²) in [6.07, 6.45) is 6.78. The van der Waals surface area contributed by atoms with Gasteiger partial charge < -0.3 is 10.1 Å². The molecule has 2 atom stereocenters. The van der Waals surface area contributed by atoms with Crippen LogP contribution < -0.4 is 10.1 Å². The van der Waals surface area contributed by atoms with Gasteiger partial charge in [-0.1, -0.05) is 32.9 Å². The summed E-state index contributed by atoms with van der Waals surface area (Å²) in [5.74, 6) is 3.92. The predicted molar refractivity (Wildman–Crippen MR) is 86.8 cm³/mol. The number of aromatic nitrogens is 2. The van der Waals surface area contributed by atoms with Crippen LogP contribution in [0.5, 0.6) is 5.88 Å². The fraction of sp³-hybridized carbons (Fsp3) is 0.647. The number of hydrogen-bond donors (Lipinski definition) is 1. The van der Waals surface area contributed by atoms with Crippen molar-refractivity contribution in [2.75, 3.05) is 18.5 Å². The zero-order valence-electron chi connectivity index (χ0n) is 13.6. The fourth-order valence-corrected chi connectivity index (χ4v) is 2.48. The number of anilines is 1. The van der Waals surface area contributed by atoms with Gasteiger partial charge in [0.25, 0.3) is 0 Å². The molecule has 0 fully saturated rings. The second kappa shape index (κ2) is 7.43. The molecule has 1 aromatic rings. The van der Waals surface area contributed by atoms with E-state index in [-0.39, 0.29) is 0 Å². The van der Waals surface area contributed by atoms with Crippen molar-refractivity contribution in [3.63, 3.8) is 0 Å². The van der Waals surface area contributed by atoms with Gasteiger partial charge in [-0.25, -0.2) is 4.98 Å². The third-order valence-electron chi connectivity index (χ3n) is 3.96. The van der Waals surface area contributed by atoms with Gasteiger partial charge in [-0.05, 0) is 31.6 Å². The van der Waals surface area contributed by atoms with Crippen LogP contribution in [-0.2, 0) is 0 Å². The summed E-state index contributed by atoms with van der Waals surface area (Å²) in [6, 6.07) is 1.90. The molecule has 4 nitrogen and oxygen atoms in total. The molecule has 21 heavy (non-hydrogen) atoms. The minimum absolute atomic E-state index is 0.294. The maximum Gasteiger partial charge on any atom is 0.218 e. The molecule has 0 saturated heterocycles. The molecule has 0 aromatic carbocycles. The van der Waals surface area contributed by atoms with E-state index in [1.165, 1.54) is 0 Å². The Bertz CT molecular complexity index is 485. The molecule has 1 aromatic heterocycles. The topological polar surface area (TPSA) is 47.0 Å². The number of ether oxygens (including phenoxy) is 1. The molecule has 2 unspecified atom stereocenters. The molecule has 0 bridgehead atoms. The first-order valence-electron chi connectivity index (χ1n) is 8.00. The number of allylic oxidation sites excluding steroid dienone is 2. The third-order valence-corrected chi connectivity index (χ3v) is 3.96. The maximum atomic E-state index is 5.97. The summed E-state index contributed by atoms with van der Waals surface area (Å²) in [5, 5.41) is 3.25. The standard InChI is InChI=1S/C17H27N3O/c1-5-18-15-10-16(20-17(19-15)12(2)3)21-11-14-9-7-6-8-13(14)4/h6-7,10,12-14H,5,8-9,11H2,1-4H3,(H,18,19,20). The first-order valence-corrected chi connectivity index (χ1v) is 8.00. The summed E-state index contributed by atoms with van der Waals surface area (Å²) < 4.78 is 5.97. The minimum Gasteiger partial charge on any atom is -0.477 e. The van der Waals surface area contributed by atoms with Crippen molar-refractivity contribution in [2.24, 2.45) is 11.8 Å². The van der Waals surface area contributed by atoms with Crippen molar-refractivity contribution in [2.45, 2.75) is 46.5 Å². The zero-order chi connectivity index (χ0) is 15.2. The van der Waals surface area contributed by atoms with E-state index in [4.69, 9.17) is 4.74 Å². The van der Waals surface area contributed by atoms with Gasteiger partial charge in [0.1, 0.15) is 11.6 Å². The first-order chi connectivity index (χ1) is 10.1. The van der Waals surface area contributed by atoms with Crippen LogP contribution >= 0.6 is 0 Å². The van der Waals surface area contributed by atoms with E-state index in [9.17, 15) is 0 Å². The Kier molecular flexibility index (Phi) is 5.59. The Hall–Kier alpha value is -1.58. The Morgan fingerprint density at radius 1 is 1.29 bits per heavy atom. The number of rotatable bonds is 6. The highest BCUT2D eigenvalue weighted by Gasteiger charge is 2.19. The van der Waals surface area contributed by atoms with E-state index in [1.54, 1.807) is 0 Å². The predicted octanol–water partition coefficient (Wildman–Crippen LogP) is 4.01. The van der Waals surface area contributed by atoms with Crippen molar-refractivity contribution in [3.05, 3.63) is 24.0 Å². The van der Waals surface area contributed by atoms with Gasteiger partial charge in [0.2, 0.25) is 5.88 Å². The Morgan fingerprint density at radius 2 is 2.05 bits per heavy atom. The van der Waals surface area contributed by atoms with Gasteiger partial charge in [-0.15, -0.1) is 0 Å². The van der Waals surface area contributed by atoms with Crippen LogP contribution in [0.4, 0.5) is 5.82 Å². The molecule has 1 N–H and O–H groups in total. The van der Waals surface area contributed by atoms with Crippen LogP contribution in [0.25, 0.3) is 0 Å². The lowest BCUT2D eigenvalue weighted by atomic mass is 9.85. The Morgan fingerprint density at radius 3 is 2.71 bits per heavy atom. The summed E-state index contributed by atoms with van der Waals surface area (Å²) in [4.78, 5) is 9.05. The third kappa shape index (κ3) is 4.45. The summed E-state index contributed by atoms with van der Waals surface area (Å²) in [5.41, 5.74) is 0. The van der Waals surface area contributed by atoms with Crippen LogP contribution in [-0.4, -0.2) is 23.1 Å². The second-order valence-electron chi connectivity index (χ2n) is 6.13. The molecule has 1 heterocycles. The molecule has 0 radical (unpaired) electrons. The smallest absolute Gasteiger partial charge is 0.218 e. The summed E-state index contributed by atoms with van der Waals surface area (Å²) in [6.45, 7) is 10.1. The largest absolute Gasteiger partial charge is 0.477 e. The maximum absolute atomic E-state index is 5.97. The van der Waals surface area contributed by atoms with Crippen molar-refractivity contribution >= 4 is 5.82 Å². The molecule has 0 aliphatic heterocycles. The van der Waals surface area contributed by atoms with Crippen molar-refractivity contribution < 1.29 is 4.74 Å². The van der Waals surface area contributed by atoms with Crippen LogP contribution in [0.1, 0.15) is 52.3 Å². The number of nitrogens with zero attached hydrogens (tertiary/aromatic N) is 2. The number of nitrogens with one attached hydrogen (secondary N) is 1. The average molecular weight is 289 g/mol. The molecule has 1 aliphatic carbocycles. The van der Waals surface area contributed by atoms with Crippen molar-refractivity contribution in [1.29, 1.82) is 0 Å². The second-order valence-corrected chi connectivity index (χ2v) is 6.13. The minimum atomic E-state index is 0.294. The van der Waals surface area contributed by atoms with Crippen molar-refractivity contribution in [3.8, 4) is 5.88 Å². The average Bonchev–Trinajstić information content (AvgIpc) is 2.46. The first kappa shape index (κ1) is 15.8. The molecular formula is C17H27N3O. The lowest BCUT2D eigenvalue weighted by Gasteiger charge is -2.25. The highest BCUT2D eigenvalue weighted by Crippen LogP contribution is 2.26. The van der Waals surface area contributed by atoms with Crippen LogP contribution in [0.15, 0.2) is 18.2 Å². The molecule has 0 spiro atoms. The molecule has 0 saturated carbocycles.